The summed E-state index contributed by atoms with van der Waals surface area (Å²) in [6.45, 7) is 2.19. The van der Waals surface area contributed by atoms with Crippen molar-refractivity contribution in [2.45, 2.75) is 57.7 Å². The molecule has 1 heterocycles. The Kier molecular flexibility index (Phi) is 6.05. The van der Waals surface area contributed by atoms with Crippen LogP contribution in [0.3, 0.4) is 0 Å². The lowest BCUT2D eigenvalue weighted by Crippen LogP contribution is -2.43. The van der Waals surface area contributed by atoms with Gasteiger partial charge in [-0.15, -0.1) is 0 Å². The number of nitrogens with zero attached hydrogens (tertiary/aromatic N) is 1. The fourth-order valence-electron chi connectivity index (χ4n) is 3.76. The minimum Gasteiger partial charge on any atom is -0.288 e. The van der Waals surface area contributed by atoms with Crippen molar-refractivity contribution in [3.63, 3.8) is 0 Å². The predicted molar refractivity (Wildman–Crippen MR) is 100 cm³/mol. The van der Waals surface area contributed by atoms with Crippen molar-refractivity contribution in [1.82, 2.24) is 10.4 Å². The second-order valence-electron chi connectivity index (χ2n) is 7.13. The van der Waals surface area contributed by atoms with E-state index >= 15 is 0 Å². The molecular formula is C21H25F3N2O. The van der Waals surface area contributed by atoms with Crippen LogP contribution in [0.15, 0.2) is 36.4 Å². The number of rotatable bonds is 7. The lowest BCUT2D eigenvalue weighted by atomic mass is 9.93. The molecule has 2 aromatic rings. The van der Waals surface area contributed by atoms with E-state index in [2.05, 4.69) is 12.3 Å². The third-order valence-corrected chi connectivity index (χ3v) is 5.06. The van der Waals surface area contributed by atoms with Gasteiger partial charge in [-0.2, -0.15) is 13.2 Å². The highest BCUT2D eigenvalue weighted by molar-refractivity contribution is 5.86. The van der Waals surface area contributed by atoms with Crippen LogP contribution in [-0.4, -0.2) is 23.6 Å². The summed E-state index contributed by atoms with van der Waals surface area (Å²) in [6, 6.07) is 9.03. The van der Waals surface area contributed by atoms with Crippen LogP contribution in [0, 0.1) is 0 Å². The number of amides is 1. The van der Waals surface area contributed by atoms with Crippen LogP contribution in [0.2, 0.25) is 0 Å². The summed E-state index contributed by atoms with van der Waals surface area (Å²) >= 11 is 0. The highest BCUT2D eigenvalue weighted by Crippen LogP contribution is 2.39. The zero-order valence-corrected chi connectivity index (χ0v) is 15.5. The summed E-state index contributed by atoms with van der Waals surface area (Å²) in [4.78, 5) is 11.5. The first kappa shape index (κ1) is 19.7. The summed E-state index contributed by atoms with van der Waals surface area (Å²) in [5.74, 6) is -0.371. The first-order chi connectivity index (χ1) is 12.9. The molecule has 1 aliphatic heterocycles. The van der Waals surface area contributed by atoms with E-state index in [1.807, 2.05) is 24.3 Å². The highest BCUT2D eigenvalue weighted by Gasteiger charge is 2.47. The fraction of sp³-hybridized carbons (Fsp3) is 0.476. The van der Waals surface area contributed by atoms with Gasteiger partial charge in [-0.1, -0.05) is 56.5 Å². The van der Waals surface area contributed by atoms with Crippen molar-refractivity contribution in [2.24, 2.45) is 0 Å². The molecule has 0 aromatic heterocycles. The van der Waals surface area contributed by atoms with Crippen LogP contribution in [0.4, 0.5) is 13.2 Å². The number of benzene rings is 2. The van der Waals surface area contributed by atoms with Gasteiger partial charge >= 0.3 is 6.18 Å². The van der Waals surface area contributed by atoms with Gasteiger partial charge in [0.05, 0.1) is 0 Å². The number of alkyl halides is 3. The molecule has 0 bridgehead atoms. The van der Waals surface area contributed by atoms with Gasteiger partial charge in [0.25, 0.3) is 0 Å². The Hall–Kier alpha value is -2.08. The Balaban J connectivity index is 1.99. The monoisotopic (exact) mass is 378 g/mol. The molecule has 0 spiro atoms. The first-order valence-corrected chi connectivity index (χ1v) is 9.54. The average Bonchev–Trinajstić information content (AvgIpc) is 3.03. The largest absolute Gasteiger partial charge is 0.409 e. The van der Waals surface area contributed by atoms with Crippen LogP contribution in [0.1, 0.15) is 56.2 Å². The quantitative estimate of drug-likeness (QED) is 0.663. The Morgan fingerprint density at radius 3 is 2.59 bits per heavy atom. The predicted octanol–water partition coefficient (Wildman–Crippen LogP) is 5.30. The minimum absolute atomic E-state index is 0.0572. The van der Waals surface area contributed by atoms with E-state index in [0.717, 1.165) is 53.4 Å². The van der Waals surface area contributed by atoms with Crippen molar-refractivity contribution < 1.29 is 18.0 Å². The molecule has 27 heavy (non-hydrogen) atoms. The fourth-order valence-corrected chi connectivity index (χ4v) is 3.76. The molecule has 6 heteroatoms. The molecule has 146 valence electrons. The van der Waals surface area contributed by atoms with Gasteiger partial charge < -0.3 is 0 Å². The van der Waals surface area contributed by atoms with Crippen LogP contribution < -0.4 is 5.43 Å². The molecule has 3 rings (SSSR count). The number of carbonyl (C=O) groups is 1. The van der Waals surface area contributed by atoms with Gasteiger partial charge in [-0.3, -0.25) is 10.2 Å². The summed E-state index contributed by atoms with van der Waals surface area (Å²) in [5, 5.41) is 2.83. The molecule has 1 atom stereocenters. The first-order valence-electron chi connectivity index (χ1n) is 9.54. The van der Waals surface area contributed by atoms with Gasteiger partial charge in [0.1, 0.15) is 6.04 Å². The van der Waals surface area contributed by atoms with E-state index < -0.39 is 12.2 Å². The smallest absolute Gasteiger partial charge is 0.288 e. The third kappa shape index (κ3) is 4.61. The molecular weight excluding hydrogens is 353 g/mol. The SMILES string of the molecule is CCCCCCc1cc([C@H](N2CCC(=O)N2)C(F)(F)F)cc2ccccc12. The second kappa shape index (κ2) is 8.30. The van der Waals surface area contributed by atoms with E-state index in [-0.39, 0.29) is 24.4 Å². The number of aryl methyl sites for hydroxylation is 1. The maximum atomic E-state index is 13.9. The average molecular weight is 378 g/mol. The topological polar surface area (TPSA) is 32.3 Å². The normalized spacial score (nSPS) is 16.7. The molecule has 0 unspecified atom stereocenters. The molecule has 3 nitrogen and oxygen atoms in total. The number of nitrogens with one attached hydrogen (secondary N) is 1. The van der Waals surface area contributed by atoms with Crippen LogP contribution in [-0.2, 0) is 11.2 Å². The number of hydrogen-bond acceptors (Lipinski definition) is 2. The lowest BCUT2D eigenvalue weighted by molar-refractivity contribution is -0.191. The van der Waals surface area contributed by atoms with Gasteiger partial charge in [0.15, 0.2) is 0 Å². The lowest BCUT2D eigenvalue weighted by Gasteiger charge is -2.30. The summed E-state index contributed by atoms with van der Waals surface area (Å²) in [5.41, 5.74) is 3.49. The van der Waals surface area contributed by atoms with Gasteiger partial charge in [0.2, 0.25) is 5.91 Å². The Morgan fingerprint density at radius 1 is 1.15 bits per heavy atom. The molecule has 1 saturated heterocycles. The van der Waals surface area contributed by atoms with E-state index in [4.69, 9.17) is 0 Å². The van der Waals surface area contributed by atoms with Gasteiger partial charge in [-0.25, -0.2) is 5.01 Å². The van der Waals surface area contributed by atoms with Crippen LogP contribution in [0.5, 0.6) is 0 Å². The van der Waals surface area contributed by atoms with E-state index in [0.29, 0.717) is 0 Å². The van der Waals surface area contributed by atoms with Crippen molar-refractivity contribution in [1.29, 1.82) is 0 Å². The van der Waals surface area contributed by atoms with E-state index in [9.17, 15) is 18.0 Å². The molecule has 0 saturated carbocycles. The molecule has 1 N–H and O–H groups in total. The standard InChI is InChI=1S/C21H25F3N2O/c1-2-3-4-5-8-15-13-17(14-16-9-6-7-10-18(15)16)20(21(22,23)24)26-12-11-19(27)25-26/h6-7,9-10,13-14,20H,2-5,8,11-12H2,1H3,(H,25,27)/t20-/m0/s1. The summed E-state index contributed by atoms with van der Waals surface area (Å²) < 4.78 is 41.6. The third-order valence-electron chi connectivity index (χ3n) is 5.06. The van der Waals surface area contributed by atoms with Crippen molar-refractivity contribution in [3.8, 4) is 0 Å². The number of carbonyl (C=O) groups excluding carboxylic acids is 1. The molecule has 1 amide bonds. The van der Waals surface area contributed by atoms with E-state index in [1.165, 1.54) is 0 Å². The molecule has 0 aliphatic carbocycles. The van der Waals surface area contributed by atoms with E-state index in [1.54, 1.807) is 12.1 Å². The van der Waals surface area contributed by atoms with Crippen molar-refractivity contribution >= 4 is 16.7 Å². The van der Waals surface area contributed by atoms with Crippen LogP contribution in [0.25, 0.3) is 10.8 Å². The zero-order valence-electron chi connectivity index (χ0n) is 15.5. The molecule has 1 aliphatic rings. The molecule has 2 aromatic carbocycles. The number of hydrazine groups is 1. The highest BCUT2D eigenvalue weighted by atomic mass is 19.4. The zero-order chi connectivity index (χ0) is 19.4. The van der Waals surface area contributed by atoms with Crippen molar-refractivity contribution in [2.75, 3.05) is 6.54 Å². The Labute approximate surface area is 157 Å². The molecule has 0 radical (unpaired) electrons. The van der Waals surface area contributed by atoms with Gasteiger partial charge in [0, 0.05) is 13.0 Å². The number of hydrogen-bond donors (Lipinski definition) is 1. The Bertz CT molecular complexity index is 804. The maximum Gasteiger partial charge on any atom is 0.409 e. The van der Waals surface area contributed by atoms with Crippen molar-refractivity contribution in [3.05, 3.63) is 47.5 Å². The second-order valence-corrected chi connectivity index (χ2v) is 7.13. The Morgan fingerprint density at radius 2 is 1.93 bits per heavy atom. The molecule has 1 fully saturated rings. The van der Waals surface area contributed by atoms with Crippen LogP contribution >= 0.6 is 0 Å². The maximum absolute atomic E-state index is 13.9. The summed E-state index contributed by atoms with van der Waals surface area (Å²) in [6.07, 6.45) is 0.640. The number of fused-ring (bicyclic) bond motifs is 1. The van der Waals surface area contributed by atoms with Gasteiger partial charge in [-0.05, 0) is 40.8 Å². The number of unbranched alkanes of at least 4 members (excludes halogenated alkanes) is 3. The minimum atomic E-state index is -4.47. The number of halogens is 3. The summed E-state index contributed by atoms with van der Waals surface area (Å²) in [7, 11) is 0.